The molecule has 0 unspecified atom stereocenters. The molecule has 3 aromatic rings. The van der Waals surface area contributed by atoms with Gasteiger partial charge in [0, 0.05) is 103 Å². The number of ether oxygens (including phenoxy) is 2. The number of rotatable bonds is 12. The van der Waals surface area contributed by atoms with E-state index in [1.165, 1.54) is 0 Å². The van der Waals surface area contributed by atoms with Crippen molar-refractivity contribution in [1.82, 2.24) is 34.4 Å². The number of carbonyl (C=O) groups excluding carboxylic acids is 5. The first-order chi connectivity index (χ1) is 30.9. The van der Waals surface area contributed by atoms with E-state index < -0.39 is 18.0 Å². The van der Waals surface area contributed by atoms with E-state index in [9.17, 15) is 28.8 Å². The summed E-state index contributed by atoms with van der Waals surface area (Å²) in [6, 6.07) is 11.4. The molecule has 2 aromatic carbocycles. The number of hydrogen-bond acceptors (Lipinski definition) is 11. The number of aromatic amines is 1. The van der Waals surface area contributed by atoms with Crippen molar-refractivity contribution in [2.75, 3.05) is 97.5 Å². The van der Waals surface area contributed by atoms with Crippen molar-refractivity contribution in [2.24, 2.45) is 5.92 Å². The Hall–Kier alpha value is -5.42. The summed E-state index contributed by atoms with van der Waals surface area (Å²) in [5.74, 6) is -0.0852. The summed E-state index contributed by atoms with van der Waals surface area (Å²) < 4.78 is 16.5. The van der Waals surface area contributed by atoms with Gasteiger partial charge in [-0.05, 0) is 93.7 Å². The first kappa shape index (κ1) is 46.6. The Morgan fingerprint density at radius 3 is 2.33 bits per heavy atom. The number of likely N-dealkylation sites (tertiary alicyclic amines) is 3. The van der Waals surface area contributed by atoms with Crippen LogP contribution in [0.3, 0.4) is 0 Å². The molecule has 17 heteroatoms. The lowest BCUT2D eigenvalue weighted by Gasteiger charge is -2.38. The summed E-state index contributed by atoms with van der Waals surface area (Å²) in [5.41, 5.74) is 4.55. The molecule has 5 aliphatic rings. The van der Waals surface area contributed by atoms with E-state index in [0.29, 0.717) is 88.6 Å². The number of anilines is 1. The molecule has 1 aromatic heterocycles. The second kappa shape index (κ2) is 22.0. The normalized spacial score (nSPS) is 19.7. The smallest absolute Gasteiger partial charge is 0.417 e. The van der Waals surface area contributed by atoms with Crippen LogP contribution in [0.1, 0.15) is 75.0 Å². The van der Waals surface area contributed by atoms with Crippen molar-refractivity contribution in [1.29, 1.82) is 0 Å². The summed E-state index contributed by atoms with van der Waals surface area (Å²) in [6.07, 6.45) is 5.34. The second-order valence-corrected chi connectivity index (χ2v) is 18.1. The van der Waals surface area contributed by atoms with Crippen molar-refractivity contribution in [2.45, 2.75) is 90.2 Å². The molecule has 6 heterocycles. The van der Waals surface area contributed by atoms with Gasteiger partial charge in [0.1, 0.15) is 0 Å². The first-order valence-electron chi connectivity index (χ1n) is 23.3. The number of amides is 5. The molecule has 1 atom stereocenters. The third-order valence-corrected chi connectivity index (χ3v) is 13.4. The van der Waals surface area contributed by atoms with E-state index in [-0.39, 0.29) is 36.3 Å². The fourth-order valence-electron chi connectivity index (χ4n) is 9.31. The van der Waals surface area contributed by atoms with E-state index in [4.69, 9.17) is 13.9 Å². The predicted molar refractivity (Wildman–Crippen MR) is 241 cm³/mol. The quantitative estimate of drug-likeness (QED) is 0.194. The minimum atomic E-state index is -1.00. The number of H-pyrrole nitrogens is 1. The van der Waals surface area contributed by atoms with Gasteiger partial charge in [-0.1, -0.05) is 31.2 Å². The van der Waals surface area contributed by atoms with E-state index in [2.05, 4.69) is 34.1 Å². The first-order valence-corrected chi connectivity index (χ1v) is 23.3. The van der Waals surface area contributed by atoms with Gasteiger partial charge in [-0.3, -0.25) is 19.4 Å². The van der Waals surface area contributed by atoms with Crippen LogP contribution in [0.25, 0.3) is 11.1 Å². The van der Waals surface area contributed by atoms with Gasteiger partial charge in [-0.2, -0.15) is 0 Å². The zero-order valence-corrected chi connectivity index (χ0v) is 37.8. The molecule has 2 N–H and O–H groups in total. The summed E-state index contributed by atoms with van der Waals surface area (Å²) in [5, 5.41) is 3.03. The topological polar surface area (TPSA) is 181 Å². The fraction of sp³-hybridized carbons (Fsp3) is 0.617. The van der Waals surface area contributed by atoms with Gasteiger partial charge >= 0.3 is 23.8 Å². The summed E-state index contributed by atoms with van der Waals surface area (Å²) in [7, 11) is 2.12. The van der Waals surface area contributed by atoms with Gasteiger partial charge in [-0.15, -0.1) is 0 Å². The molecule has 8 rings (SSSR count). The Morgan fingerprint density at radius 1 is 0.859 bits per heavy atom. The highest BCUT2D eigenvalue weighted by Gasteiger charge is 2.35. The van der Waals surface area contributed by atoms with Gasteiger partial charge in [0.05, 0.1) is 18.5 Å². The highest BCUT2D eigenvalue weighted by atomic mass is 16.6. The third kappa shape index (κ3) is 12.4. The van der Waals surface area contributed by atoms with Crippen LogP contribution >= 0.6 is 0 Å². The number of hydrogen-bond donors (Lipinski definition) is 2. The van der Waals surface area contributed by atoms with Gasteiger partial charge in [0.25, 0.3) is 5.91 Å². The number of para-hydroxylation sites is 1. The monoisotopic (exact) mass is 886 g/mol. The molecule has 5 aliphatic heterocycles. The maximum Gasteiger partial charge on any atom is 0.417 e. The Morgan fingerprint density at radius 2 is 1.59 bits per heavy atom. The lowest BCUT2D eigenvalue weighted by atomic mass is 9.98. The van der Waals surface area contributed by atoms with Crippen LogP contribution in [0.4, 0.5) is 15.3 Å². The maximum atomic E-state index is 13.7. The van der Waals surface area contributed by atoms with E-state index in [1.54, 1.807) is 15.9 Å². The Kier molecular flexibility index (Phi) is 16.0. The number of oxazole rings is 1. The van der Waals surface area contributed by atoms with Crippen molar-refractivity contribution in [3.8, 4) is 0 Å². The number of urea groups is 1. The number of piperidine rings is 2. The number of nitrogens with one attached hydrogen (secondary N) is 2. The number of likely N-dealkylation sites (N-methyl/N-ethyl adjacent to an activating group) is 1. The molecule has 0 saturated carbocycles. The molecule has 0 aliphatic carbocycles. The summed E-state index contributed by atoms with van der Waals surface area (Å²) in [4.78, 5) is 89.5. The van der Waals surface area contributed by atoms with Gasteiger partial charge in [0.15, 0.2) is 11.7 Å². The minimum Gasteiger partial charge on any atom is -0.466 e. The fourth-order valence-corrected chi connectivity index (χ4v) is 9.31. The molecule has 348 valence electrons. The number of benzene rings is 2. The molecule has 17 nitrogen and oxygen atoms in total. The number of aryl methyl sites for hydroxylation is 1. The minimum absolute atomic E-state index is 0.0110. The Labute approximate surface area is 375 Å². The average Bonchev–Trinajstić information content (AvgIpc) is 3.84. The Bertz CT molecular complexity index is 2150. The van der Waals surface area contributed by atoms with Crippen molar-refractivity contribution < 1.29 is 37.9 Å². The number of aromatic nitrogens is 1. The molecule has 0 bridgehead atoms. The predicted octanol–water partition coefficient (Wildman–Crippen LogP) is 4.47. The lowest BCUT2D eigenvalue weighted by Crippen LogP contribution is -2.51. The number of nitrogens with zero attached hydrogens (tertiary/aromatic N) is 6. The maximum absolute atomic E-state index is 13.7. The highest BCUT2D eigenvalue weighted by Crippen LogP contribution is 2.26. The molecular weight excluding hydrogens is 821 g/mol. The zero-order chi connectivity index (χ0) is 45.2. The van der Waals surface area contributed by atoms with Crippen LogP contribution < -0.4 is 11.1 Å². The van der Waals surface area contributed by atoms with Crippen LogP contribution in [0.2, 0.25) is 0 Å². The van der Waals surface area contributed by atoms with Crippen LogP contribution in [0.15, 0.2) is 45.6 Å². The standard InChI is InChI=1S/C32H39N5O6.C15H27N3O3/c1-20-7-12-35(13-8-20)29(38)27(19-22-17-21(2)28-26(18-22)42-31(40)34-28)43-32(41)36-14-10-24(11-15-36)37-16-9-23-5-3-4-6-25(23)33-30(37)39;1-16-9-11-17(12-10-16)8-5-15(20)21-13-3-7-18-6-2-4-14(18)19/h3-6,17-18,20,24,27H,7-16,19H2,1-2H3,(H,33,39)(H,34,40);2-13H2,1H3/t27-;/m1./s1. The number of piperazine rings is 1. The largest absolute Gasteiger partial charge is 0.466 e. The van der Waals surface area contributed by atoms with Crippen LogP contribution in [-0.2, 0) is 36.7 Å². The van der Waals surface area contributed by atoms with Crippen LogP contribution in [-0.4, -0.2) is 169 Å². The molecule has 4 fully saturated rings. The highest BCUT2D eigenvalue weighted by molar-refractivity contribution is 5.91. The summed E-state index contributed by atoms with van der Waals surface area (Å²) >= 11 is 0. The Balaban J connectivity index is 0.000000245. The number of fused-ring (bicyclic) bond motifs is 2. The lowest BCUT2D eigenvalue weighted by molar-refractivity contribution is -0.144. The molecule has 0 spiro atoms. The van der Waals surface area contributed by atoms with Crippen molar-refractivity contribution in [3.63, 3.8) is 0 Å². The molecule has 4 saturated heterocycles. The molecular formula is C47H66N8O9. The summed E-state index contributed by atoms with van der Waals surface area (Å²) in [6.45, 7) is 13.8. The van der Waals surface area contributed by atoms with E-state index in [1.807, 2.05) is 47.1 Å². The number of esters is 1. The van der Waals surface area contributed by atoms with Crippen molar-refractivity contribution >= 4 is 46.7 Å². The third-order valence-electron chi connectivity index (χ3n) is 13.4. The van der Waals surface area contributed by atoms with Gasteiger partial charge in [-0.25, -0.2) is 14.4 Å². The molecule has 5 amide bonds. The molecule has 64 heavy (non-hydrogen) atoms. The van der Waals surface area contributed by atoms with Crippen LogP contribution in [0, 0.1) is 12.8 Å². The average molecular weight is 887 g/mol. The second-order valence-electron chi connectivity index (χ2n) is 18.1. The number of carbonyl (C=O) groups is 5. The van der Waals surface area contributed by atoms with Crippen molar-refractivity contribution in [3.05, 3.63) is 63.6 Å². The van der Waals surface area contributed by atoms with Gasteiger partial charge in [0.2, 0.25) is 5.91 Å². The van der Waals surface area contributed by atoms with E-state index in [0.717, 1.165) is 93.8 Å². The van der Waals surface area contributed by atoms with E-state index >= 15 is 0 Å². The van der Waals surface area contributed by atoms with Gasteiger partial charge < -0.3 is 48.6 Å². The zero-order valence-electron chi connectivity index (χ0n) is 37.8. The van der Waals surface area contributed by atoms with Crippen LogP contribution in [0.5, 0.6) is 0 Å². The molecule has 0 radical (unpaired) electrons. The SMILES string of the molecule is CN1CCN(CCC(=O)OCCCN2CCCC2=O)CC1.Cc1cc(C[C@@H](OC(=O)N2CCC(N3CCc4ccccc4NC3=O)CC2)C(=O)N2CCC(C)CC2)cc2oc(=O)[nH]c12.